The number of aryl methyl sites for hydroxylation is 1. The van der Waals surface area contributed by atoms with Gasteiger partial charge >= 0.3 is 0 Å². The molecular formula is C17H18N4OS2. The quantitative estimate of drug-likeness (QED) is 0.683. The molecule has 1 atom stereocenters. The first-order valence-corrected chi connectivity index (χ1v) is 8.81. The fourth-order valence-electron chi connectivity index (χ4n) is 2.47. The Morgan fingerprint density at radius 2 is 2.17 bits per heavy atom. The molecule has 0 fully saturated rings. The van der Waals surface area contributed by atoms with Crippen LogP contribution < -0.4 is 5.32 Å². The second kappa shape index (κ2) is 7.11. The van der Waals surface area contributed by atoms with Crippen molar-refractivity contribution in [2.75, 3.05) is 0 Å². The van der Waals surface area contributed by atoms with Gasteiger partial charge in [-0.25, -0.2) is 4.98 Å². The lowest BCUT2D eigenvalue weighted by atomic mass is 10.1. The number of hydrogen-bond donors (Lipinski definition) is 2. The molecule has 7 heteroatoms. The minimum Gasteiger partial charge on any atom is -0.349 e. The number of thiazole rings is 1. The zero-order valence-electron chi connectivity index (χ0n) is 13.4. The van der Waals surface area contributed by atoms with Crippen LogP contribution in [-0.2, 0) is 11.2 Å². The molecule has 0 aliphatic carbocycles. The molecule has 3 aromatic rings. The van der Waals surface area contributed by atoms with E-state index in [0.29, 0.717) is 10.4 Å². The third-order valence-corrected chi connectivity index (χ3v) is 5.15. The maximum absolute atomic E-state index is 12.2. The Balaban J connectivity index is 1.64. The monoisotopic (exact) mass is 358 g/mol. The van der Waals surface area contributed by atoms with E-state index in [4.69, 9.17) is 12.2 Å². The van der Waals surface area contributed by atoms with Crippen molar-refractivity contribution in [1.82, 2.24) is 19.9 Å². The number of H-pyrrole nitrogens is 1. The average molecular weight is 358 g/mol. The van der Waals surface area contributed by atoms with Crippen LogP contribution in [0.2, 0.25) is 0 Å². The molecule has 2 heterocycles. The standard InChI is InChI=1S/C17H18N4OS2/c1-11(19-16(22)9-15-12(2)20-17(23)24-15)13-3-5-14(6-4-13)21-8-7-18-10-21/h3-8,10-11H,9H2,1-2H3,(H,19,22)(H,20,23)/t11-/m1/s1. The Hall–Kier alpha value is -2.25. The van der Waals surface area contributed by atoms with E-state index in [9.17, 15) is 4.79 Å². The van der Waals surface area contributed by atoms with Crippen molar-refractivity contribution in [3.8, 4) is 5.69 Å². The van der Waals surface area contributed by atoms with E-state index in [1.54, 1.807) is 12.5 Å². The van der Waals surface area contributed by atoms with E-state index >= 15 is 0 Å². The normalized spacial score (nSPS) is 12.1. The van der Waals surface area contributed by atoms with Gasteiger partial charge in [0.2, 0.25) is 5.91 Å². The van der Waals surface area contributed by atoms with Gasteiger partial charge in [-0.1, -0.05) is 12.1 Å². The van der Waals surface area contributed by atoms with Crippen molar-refractivity contribution >= 4 is 29.5 Å². The molecule has 124 valence electrons. The molecule has 0 spiro atoms. The zero-order valence-corrected chi connectivity index (χ0v) is 15.1. The number of nitrogens with one attached hydrogen (secondary N) is 2. The van der Waals surface area contributed by atoms with Crippen molar-refractivity contribution in [3.05, 3.63) is 63.1 Å². The fourth-order valence-corrected chi connectivity index (χ4v) is 3.76. The van der Waals surface area contributed by atoms with Crippen LogP contribution in [0.1, 0.15) is 29.1 Å². The lowest BCUT2D eigenvalue weighted by Gasteiger charge is -2.15. The highest BCUT2D eigenvalue weighted by atomic mass is 32.1. The van der Waals surface area contributed by atoms with Crippen LogP contribution in [-0.4, -0.2) is 20.4 Å². The van der Waals surface area contributed by atoms with Gasteiger partial charge < -0.3 is 14.9 Å². The van der Waals surface area contributed by atoms with E-state index < -0.39 is 0 Å². The topological polar surface area (TPSA) is 62.7 Å². The molecule has 24 heavy (non-hydrogen) atoms. The average Bonchev–Trinajstić information content (AvgIpc) is 3.18. The molecule has 2 N–H and O–H groups in total. The molecule has 0 saturated carbocycles. The summed E-state index contributed by atoms with van der Waals surface area (Å²) in [5.41, 5.74) is 3.07. The number of carbonyl (C=O) groups excluding carboxylic acids is 1. The van der Waals surface area contributed by atoms with Crippen LogP contribution in [0.3, 0.4) is 0 Å². The Morgan fingerprint density at radius 3 is 2.75 bits per heavy atom. The third kappa shape index (κ3) is 3.80. The minimum absolute atomic E-state index is 0.00506. The third-order valence-electron chi connectivity index (χ3n) is 3.82. The number of aromatic amines is 1. The largest absolute Gasteiger partial charge is 0.349 e. The zero-order chi connectivity index (χ0) is 17.1. The highest BCUT2D eigenvalue weighted by molar-refractivity contribution is 7.73. The number of nitrogens with zero attached hydrogens (tertiary/aromatic N) is 2. The molecule has 1 amide bonds. The Kier molecular flexibility index (Phi) is 4.92. The van der Waals surface area contributed by atoms with Gasteiger partial charge in [0.25, 0.3) is 0 Å². The Morgan fingerprint density at radius 1 is 1.42 bits per heavy atom. The van der Waals surface area contributed by atoms with E-state index in [0.717, 1.165) is 21.8 Å². The van der Waals surface area contributed by atoms with Crippen LogP contribution >= 0.6 is 23.6 Å². The van der Waals surface area contributed by atoms with Gasteiger partial charge in [-0.3, -0.25) is 4.79 Å². The maximum atomic E-state index is 12.2. The molecule has 0 aliphatic rings. The summed E-state index contributed by atoms with van der Waals surface area (Å²) in [4.78, 5) is 20.3. The van der Waals surface area contributed by atoms with Crippen molar-refractivity contribution in [3.63, 3.8) is 0 Å². The first-order valence-electron chi connectivity index (χ1n) is 7.59. The summed E-state index contributed by atoms with van der Waals surface area (Å²) >= 11 is 6.56. The first-order chi connectivity index (χ1) is 11.5. The van der Waals surface area contributed by atoms with Gasteiger partial charge in [0.15, 0.2) is 3.95 Å². The van der Waals surface area contributed by atoms with Crippen LogP contribution in [0.4, 0.5) is 0 Å². The summed E-state index contributed by atoms with van der Waals surface area (Å²) < 4.78 is 2.65. The molecule has 1 aromatic carbocycles. The van der Waals surface area contributed by atoms with E-state index in [1.165, 1.54) is 11.3 Å². The lowest BCUT2D eigenvalue weighted by Crippen LogP contribution is -2.28. The summed E-state index contributed by atoms with van der Waals surface area (Å²) in [5.74, 6) is -0.00506. The second-order valence-electron chi connectivity index (χ2n) is 5.59. The van der Waals surface area contributed by atoms with Gasteiger partial charge in [0.1, 0.15) is 0 Å². The van der Waals surface area contributed by atoms with Crippen LogP contribution in [0, 0.1) is 10.9 Å². The van der Waals surface area contributed by atoms with Gasteiger partial charge in [0, 0.05) is 28.7 Å². The Bertz CT molecular complexity index is 878. The van der Waals surface area contributed by atoms with Gasteiger partial charge in [-0.15, -0.1) is 11.3 Å². The molecule has 5 nitrogen and oxygen atoms in total. The molecule has 2 aromatic heterocycles. The lowest BCUT2D eigenvalue weighted by molar-refractivity contribution is -0.121. The number of carbonyl (C=O) groups is 1. The van der Waals surface area contributed by atoms with Crippen molar-refractivity contribution < 1.29 is 4.79 Å². The molecule has 0 bridgehead atoms. The highest BCUT2D eigenvalue weighted by Crippen LogP contribution is 2.18. The maximum Gasteiger partial charge on any atom is 0.225 e. The second-order valence-corrected chi connectivity index (χ2v) is 7.36. The first kappa shape index (κ1) is 16.6. The number of hydrogen-bond acceptors (Lipinski definition) is 4. The number of amides is 1. The van der Waals surface area contributed by atoms with Crippen molar-refractivity contribution in [1.29, 1.82) is 0 Å². The van der Waals surface area contributed by atoms with Crippen LogP contribution in [0.5, 0.6) is 0 Å². The minimum atomic E-state index is -0.0541. The SMILES string of the molecule is Cc1[nH]c(=S)sc1CC(=O)N[C@H](C)c1ccc(-n2ccnc2)cc1. The summed E-state index contributed by atoms with van der Waals surface area (Å²) in [6.07, 6.45) is 5.75. The van der Waals surface area contributed by atoms with E-state index in [1.807, 2.05) is 48.9 Å². The smallest absolute Gasteiger partial charge is 0.225 e. The predicted octanol–water partition coefficient (Wildman–Crippen LogP) is 3.72. The summed E-state index contributed by atoms with van der Waals surface area (Å²) in [6.45, 7) is 3.92. The molecule has 0 unspecified atom stereocenters. The van der Waals surface area contributed by atoms with Gasteiger partial charge in [0.05, 0.1) is 18.8 Å². The Labute approximate surface area is 149 Å². The van der Waals surface area contributed by atoms with Crippen molar-refractivity contribution in [2.45, 2.75) is 26.3 Å². The summed E-state index contributed by atoms with van der Waals surface area (Å²) in [5, 5.41) is 3.04. The molecular weight excluding hydrogens is 340 g/mol. The summed E-state index contributed by atoms with van der Waals surface area (Å²) in [7, 11) is 0. The number of benzene rings is 1. The van der Waals surface area contributed by atoms with Crippen LogP contribution in [0.15, 0.2) is 43.0 Å². The predicted molar refractivity (Wildman–Crippen MR) is 98.1 cm³/mol. The fraction of sp³-hybridized carbons (Fsp3) is 0.235. The number of aromatic nitrogens is 3. The number of rotatable bonds is 5. The van der Waals surface area contributed by atoms with Crippen LogP contribution in [0.25, 0.3) is 5.69 Å². The summed E-state index contributed by atoms with van der Waals surface area (Å²) in [6, 6.07) is 8.02. The number of imidazole rings is 1. The van der Waals surface area contributed by atoms with E-state index in [-0.39, 0.29) is 11.9 Å². The van der Waals surface area contributed by atoms with E-state index in [2.05, 4.69) is 15.3 Å². The molecule has 3 rings (SSSR count). The van der Waals surface area contributed by atoms with Gasteiger partial charge in [-0.2, -0.15) is 0 Å². The molecule has 0 saturated heterocycles. The van der Waals surface area contributed by atoms with Crippen molar-refractivity contribution in [2.24, 2.45) is 0 Å². The molecule has 0 radical (unpaired) electrons. The van der Waals surface area contributed by atoms with Gasteiger partial charge in [-0.05, 0) is 43.8 Å². The molecule has 0 aliphatic heterocycles. The highest BCUT2D eigenvalue weighted by Gasteiger charge is 2.13.